The number of aliphatic hydroxyl groups excluding tert-OH is 4. The number of nitrogens with one attached hydrogen (secondary N) is 2. The summed E-state index contributed by atoms with van der Waals surface area (Å²) in [5, 5.41) is 44.6. The lowest BCUT2D eigenvalue weighted by molar-refractivity contribution is -0.314. The second-order valence-electron chi connectivity index (χ2n) is 13.0. The second-order valence-corrected chi connectivity index (χ2v) is 14.2. The summed E-state index contributed by atoms with van der Waals surface area (Å²) in [6.45, 7) is 2.65. The fourth-order valence-corrected chi connectivity index (χ4v) is 7.09. The van der Waals surface area contributed by atoms with Gasteiger partial charge in [-0.3, -0.25) is 9.35 Å². The van der Waals surface area contributed by atoms with Crippen molar-refractivity contribution in [3.63, 3.8) is 0 Å². The smallest absolute Gasteiger partial charge is 0.333 e. The second kappa shape index (κ2) is 22.7. The van der Waals surface area contributed by atoms with Crippen molar-refractivity contribution in [2.24, 2.45) is 0 Å². The Hall–Kier alpha value is -0.980. The maximum atomic E-state index is 12.8. The Balaban J connectivity index is 1.81. The summed E-state index contributed by atoms with van der Waals surface area (Å²) in [4.78, 5) is 12.8. The van der Waals surface area contributed by atoms with E-state index < -0.39 is 84.6 Å². The first-order valence-corrected chi connectivity index (χ1v) is 19.0. The SMILES string of the molecule is CCCCCCCCCCCCCCCCCC(=O)N[C@@H]1C(C)OC(CO)[C@@H](OC2OC(CO)[C@@H](OC)C(O)[C@@H]2NS(=O)(=O)O)C1O. The molecule has 2 saturated heterocycles. The van der Waals surface area contributed by atoms with Gasteiger partial charge in [0.1, 0.15) is 42.7 Å². The van der Waals surface area contributed by atoms with Crippen LogP contribution in [0.15, 0.2) is 0 Å². The minimum atomic E-state index is -4.87. The van der Waals surface area contributed by atoms with Crippen molar-refractivity contribution in [1.82, 2.24) is 10.0 Å². The molecule has 2 heterocycles. The Labute approximate surface area is 281 Å². The average molecular weight is 699 g/mol. The predicted octanol–water partition coefficient (Wildman–Crippen LogP) is 2.11. The van der Waals surface area contributed by atoms with E-state index in [9.17, 15) is 38.2 Å². The average Bonchev–Trinajstić information content (AvgIpc) is 3.03. The summed E-state index contributed by atoms with van der Waals surface area (Å²) < 4.78 is 57.1. The summed E-state index contributed by atoms with van der Waals surface area (Å²) in [5.74, 6) is -0.279. The Morgan fingerprint density at radius 2 is 1.21 bits per heavy atom. The molecule has 10 atom stereocenters. The fourth-order valence-electron chi connectivity index (χ4n) is 6.50. The highest BCUT2D eigenvalue weighted by molar-refractivity contribution is 7.83. The van der Waals surface area contributed by atoms with E-state index in [1.807, 2.05) is 4.72 Å². The fraction of sp³-hybridized carbons (Fsp3) is 0.969. The Kier molecular flexibility index (Phi) is 20.4. The van der Waals surface area contributed by atoms with Crippen LogP contribution in [0.4, 0.5) is 0 Å². The van der Waals surface area contributed by atoms with Crippen LogP contribution in [0, 0.1) is 0 Å². The zero-order valence-corrected chi connectivity index (χ0v) is 29.3. The molecular weight excluding hydrogens is 636 g/mol. The Morgan fingerprint density at radius 1 is 0.745 bits per heavy atom. The Bertz CT molecular complexity index is 960. The molecular formula is C32H62N2O12S. The largest absolute Gasteiger partial charge is 0.394 e. The normalized spacial score (nSPS) is 31.6. The summed E-state index contributed by atoms with van der Waals surface area (Å²) in [7, 11) is -3.65. The van der Waals surface area contributed by atoms with Crippen LogP contribution in [-0.4, -0.2) is 121 Å². The van der Waals surface area contributed by atoms with E-state index in [-0.39, 0.29) is 12.3 Å². The van der Waals surface area contributed by atoms with Crippen molar-refractivity contribution < 1.29 is 57.1 Å². The highest BCUT2D eigenvalue weighted by Gasteiger charge is 2.51. The molecule has 6 unspecified atom stereocenters. The number of rotatable bonds is 24. The number of carbonyl (C=O) groups excluding carboxylic acids is 1. The monoisotopic (exact) mass is 698 g/mol. The molecule has 2 aliphatic heterocycles. The molecule has 0 aromatic carbocycles. The predicted molar refractivity (Wildman–Crippen MR) is 175 cm³/mol. The molecule has 0 radical (unpaired) electrons. The molecule has 0 aromatic rings. The van der Waals surface area contributed by atoms with Gasteiger partial charge in [-0.2, -0.15) is 13.1 Å². The maximum absolute atomic E-state index is 12.8. The van der Waals surface area contributed by atoms with E-state index in [1.165, 1.54) is 77.7 Å². The van der Waals surface area contributed by atoms with Gasteiger partial charge in [-0.25, -0.2) is 0 Å². The number of unbranched alkanes of at least 4 members (excludes halogenated alkanes) is 14. The van der Waals surface area contributed by atoms with Crippen molar-refractivity contribution >= 4 is 16.2 Å². The number of methoxy groups -OCH3 is 1. The highest BCUT2D eigenvalue weighted by Crippen LogP contribution is 2.30. The van der Waals surface area contributed by atoms with Gasteiger partial charge in [0, 0.05) is 13.5 Å². The molecule has 0 bridgehead atoms. The third kappa shape index (κ3) is 14.8. The number of hydrogen-bond acceptors (Lipinski definition) is 11. The number of amides is 1. The van der Waals surface area contributed by atoms with Crippen LogP contribution >= 0.6 is 0 Å². The zero-order valence-electron chi connectivity index (χ0n) is 28.5. The van der Waals surface area contributed by atoms with E-state index >= 15 is 0 Å². The van der Waals surface area contributed by atoms with E-state index in [1.54, 1.807) is 6.92 Å². The van der Waals surface area contributed by atoms with Gasteiger partial charge in [-0.15, -0.1) is 0 Å². The van der Waals surface area contributed by atoms with Gasteiger partial charge in [0.05, 0.1) is 25.4 Å². The number of carbonyl (C=O) groups is 1. The van der Waals surface area contributed by atoms with Crippen molar-refractivity contribution in [2.45, 2.75) is 178 Å². The molecule has 0 aromatic heterocycles. The molecule has 278 valence electrons. The topological polar surface area (TPSA) is 213 Å². The maximum Gasteiger partial charge on any atom is 0.333 e. The van der Waals surface area contributed by atoms with Crippen molar-refractivity contribution in [3.8, 4) is 0 Å². The van der Waals surface area contributed by atoms with E-state index in [0.29, 0.717) is 6.42 Å². The van der Waals surface area contributed by atoms with Gasteiger partial charge >= 0.3 is 10.3 Å². The lowest BCUT2D eigenvalue weighted by Gasteiger charge is -2.48. The van der Waals surface area contributed by atoms with Crippen LogP contribution in [0.1, 0.15) is 117 Å². The number of ether oxygens (including phenoxy) is 4. The van der Waals surface area contributed by atoms with E-state index in [0.717, 1.165) is 19.3 Å². The molecule has 0 spiro atoms. The highest BCUT2D eigenvalue weighted by atomic mass is 32.2. The molecule has 2 rings (SSSR count). The van der Waals surface area contributed by atoms with Crippen LogP contribution in [0.25, 0.3) is 0 Å². The summed E-state index contributed by atoms with van der Waals surface area (Å²) in [6.07, 6.45) is 8.26. The van der Waals surface area contributed by atoms with Gasteiger partial charge in [-0.1, -0.05) is 96.8 Å². The minimum absolute atomic E-state index is 0.262. The number of aliphatic hydroxyl groups is 4. The van der Waals surface area contributed by atoms with E-state index in [2.05, 4.69) is 12.2 Å². The van der Waals surface area contributed by atoms with Gasteiger partial charge in [0.2, 0.25) is 5.91 Å². The standard InChI is InChI=1S/C32H62N2O12S/c1-4-5-6-7-8-9-10-11-12-13-14-15-16-17-18-19-25(37)33-26-22(2)44-24(21-36)31(28(26)38)46-32-27(34-47(40,41)42)29(39)30(43-3)23(20-35)45-32/h22-24,26-32,34-36,38-39H,4-21H2,1-3H3,(H,33,37)(H,40,41,42)/t22?,23?,24?,26-,27+,28?,29?,30-,31-,32?/m1/s1. The van der Waals surface area contributed by atoms with Crippen LogP contribution in [-0.2, 0) is 34.0 Å². The number of hydrogen-bond donors (Lipinski definition) is 7. The van der Waals surface area contributed by atoms with Crippen molar-refractivity contribution in [2.75, 3.05) is 20.3 Å². The molecule has 2 aliphatic rings. The molecule has 0 aliphatic carbocycles. The molecule has 15 heteroatoms. The summed E-state index contributed by atoms with van der Waals surface area (Å²) in [5.41, 5.74) is 0. The first-order chi connectivity index (χ1) is 22.5. The molecule has 47 heavy (non-hydrogen) atoms. The minimum Gasteiger partial charge on any atom is -0.394 e. The van der Waals surface area contributed by atoms with E-state index in [4.69, 9.17) is 18.9 Å². The van der Waals surface area contributed by atoms with Gasteiger partial charge < -0.3 is 44.7 Å². The quantitative estimate of drug-likeness (QED) is 0.0571. The molecule has 2 fully saturated rings. The third-order valence-corrected chi connectivity index (χ3v) is 9.75. The van der Waals surface area contributed by atoms with Gasteiger partial charge in [0.25, 0.3) is 0 Å². The van der Waals surface area contributed by atoms with Crippen molar-refractivity contribution in [3.05, 3.63) is 0 Å². The lowest BCUT2D eigenvalue weighted by atomic mass is 9.92. The lowest BCUT2D eigenvalue weighted by Crippen LogP contribution is -2.69. The summed E-state index contributed by atoms with van der Waals surface area (Å²) in [6, 6.07) is -2.56. The molecule has 1 amide bonds. The molecule has 7 N–H and O–H groups in total. The Morgan fingerprint density at radius 3 is 1.68 bits per heavy atom. The van der Waals surface area contributed by atoms with Crippen LogP contribution in [0.2, 0.25) is 0 Å². The molecule has 0 saturated carbocycles. The third-order valence-electron chi connectivity index (χ3n) is 9.18. The van der Waals surface area contributed by atoms with Crippen LogP contribution < -0.4 is 10.0 Å². The van der Waals surface area contributed by atoms with Gasteiger partial charge in [-0.05, 0) is 13.3 Å². The zero-order chi connectivity index (χ0) is 34.8. The van der Waals surface area contributed by atoms with Gasteiger partial charge in [0.15, 0.2) is 6.29 Å². The molecule has 14 nitrogen and oxygen atoms in total. The van der Waals surface area contributed by atoms with Crippen LogP contribution in [0.3, 0.4) is 0 Å². The first kappa shape index (κ1) is 42.2. The van der Waals surface area contributed by atoms with Crippen molar-refractivity contribution in [1.29, 1.82) is 0 Å². The summed E-state index contributed by atoms with van der Waals surface area (Å²) >= 11 is 0. The first-order valence-electron chi connectivity index (χ1n) is 17.6. The van der Waals surface area contributed by atoms with Crippen LogP contribution in [0.5, 0.6) is 0 Å².